The topological polar surface area (TPSA) is 93.7 Å². The van der Waals surface area contributed by atoms with Crippen molar-refractivity contribution in [3.05, 3.63) is 35.9 Å². The van der Waals surface area contributed by atoms with Crippen molar-refractivity contribution in [1.29, 1.82) is 0 Å². The fourth-order valence-corrected chi connectivity index (χ4v) is 2.48. The number of carbonyl (C=O) groups is 3. The summed E-state index contributed by atoms with van der Waals surface area (Å²) in [5.74, 6) is -0.706. The van der Waals surface area contributed by atoms with Gasteiger partial charge in [0, 0.05) is 19.0 Å². The Balaban J connectivity index is 2.33. The molecular formula is C21H32N2O5. The monoisotopic (exact) mass is 392 g/mol. The molecule has 0 aliphatic heterocycles. The minimum Gasteiger partial charge on any atom is -0.452 e. The van der Waals surface area contributed by atoms with Crippen molar-refractivity contribution in [2.45, 2.75) is 65.1 Å². The zero-order valence-electron chi connectivity index (χ0n) is 17.4. The normalized spacial score (nSPS) is 13.2. The van der Waals surface area contributed by atoms with Gasteiger partial charge in [0.25, 0.3) is 5.91 Å². The van der Waals surface area contributed by atoms with Crippen LogP contribution in [0.1, 0.15) is 58.9 Å². The summed E-state index contributed by atoms with van der Waals surface area (Å²) in [6, 6.07) is 9.95. The molecule has 0 radical (unpaired) electrons. The number of hydrogen-bond donors (Lipinski definition) is 2. The summed E-state index contributed by atoms with van der Waals surface area (Å²) in [4.78, 5) is 35.6. The van der Waals surface area contributed by atoms with Gasteiger partial charge in [-0.25, -0.2) is 4.79 Å². The Morgan fingerprint density at radius 2 is 1.71 bits per heavy atom. The molecule has 1 rings (SSSR count). The van der Waals surface area contributed by atoms with Crippen LogP contribution < -0.4 is 10.6 Å². The second-order valence-corrected chi connectivity index (χ2v) is 7.57. The molecule has 0 saturated carbocycles. The Labute approximate surface area is 167 Å². The van der Waals surface area contributed by atoms with Crippen molar-refractivity contribution in [3.8, 4) is 0 Å². The molecule has 2 N–H and O–H groups in total. The number of hydrogen-bond acceptors (Lipinski definition) is 5. The van der Waals surface area contributed by atoms with Gasteiger partial charge in [0.1, 0.15) is 5.60 Å². The number of nitrogens with one attached hydrogen (secondary N) is 2. The molecule has 0 unspecified atom stereocenters. The third kappa shape index (κ3) is 9.39. The van der Waals surface area contributed by atoms with E-state index in [4.69, 9.17) is 9.47 Å². The van der Waals surface area contributed by atoms with Crippen molar-refractivity contribution in [2.24, 2.45) is 0 Å². The van der Waals surface area contributed by atoms with Gasteiger partial charge in [-0.1, -0.05) is 37.3 Å². The van der Waals surface area contributed by atoms with Crippen molar-refractivity contribution in [2.75, 3.05) is 13.1 Å². The predicted octanol–water partition coefficient (Wildman–Crippen LogP) is 3.14. The molecule has 2 atom stereocenters. The highest BCUT2D eigenvalue weighted by Crippen LogP contribution is 2.18. The van der Waals surface area contributed by atoms with E-state index in [1.807, 2.05) is 30.3 Å². The van der Waals surface area contributed by atoms with E-state index < -0.39 is 23.8 Å². The first-order chi connectivity index (χ1) is 13.1. The highest BCUT2D eigenvalue weighted by molar-refractivity contribution is 5.83. The summed E-state index contributed by atoms with van der Waals surface area (Å²) in [5, 5.41) is 5.31. The Hall–Kier alpha value is -2.57. The van der Waals surface area contributed by atoms with Gasteiger partial charge in [0.15, 0.2) is 6.10 Å². The van der Waals surface area contributed by atoms with E-state index in [0.717, 1.165) is 12.0 Å². The van der Waals surface area contributed by atoms with E-state index in [-0.39, 0.29) is 24.8 Å². The lowest BCUT2D eigenvalue weighted by Crippen LogP contribution is -2.38. The van der Waals surface area contributed by atoms with Crippen LogP contribution in [-0.4, -0.2) is 42.8 Å². The minimum atomic E-state index is -0.901. The van der Waals surface area contributed by atoms with Gasteiger partial charge in [-0.05, 0) is 39.7 Å². The van der Waals surface area contributed by atoms with Crippen molar-refractivity contribution in [3.63, 3.8) is 0 Å². The van der Waals surface area contributed by atoms with Crippen molar-refractivity contribution >= 4 is 18.0 Å². The van der Waals surface area contributed by atoms with Gasteiger partial charge >= 0.3 is 12.1 Å². The average molecular weight is 392 g/mol. The van der Waals surface area contributed by atoms with Crippen LogP contribution in [0, 0.1) is 0 Å². The largest absolute Gasteiger partial charge is 0.452 e. The van der Waals surface area contributed by atoms with E-state index in [1.54, 1.807) is 20.8 Å². The molecule has 0 bridgehead atoms. The van der Waals surface area contributed by atoms with Crippen molar-refractivity contribution < 1.29 is 23.9 Å². The first-order valence-electron chi connectivity index (χ1n) is 9.61. The van der Waals surface area contributed by atoms with Gasteiger partial charge in [0.05, 0.1) is 6.42 Å². The van der Waals surface area contributed by atoms with Gasteiger partial charge in [-0.3, -0.25) is 9.59 Å². The summed E-state index contributed by atoms with van der Waals surface area (Å²) in [6.45, 7) is 9.39. The Morgan fingerprint density at radius 1 is 1.07 bits per heavy atom. The molecule has 28 heavy (non-hydrogen) atoms. The van der Waals surface area contributed by atoms with Gasteiger partial charge in [-0.15, -0.1) is 0 Å². The van der Waals surface area contributed by atoms with Gasteiger partial charge in [0.2, 0.25) is 0 Å². The smallest absolute Gasteiger partial charge is 0.407 e. The van der Waals surface area contributed by atoms with E-state index >= 15 is 0 Å². The molecule has 1 aromatic rings. The molecule has 7 heteroatoms. The third-order valence-corrected chi connectivity index (χ3v) is 3.96. The summed E-state index contributed by atoms with van der Waals surface area (Å²) in [6.07, 6.45) is -0.660. The fraction of sp³-hybridized carbons (Fsp3) is 0.571. The Bertz CT molecular complexity index is 640. The quantitative estimate of drug-likeness (QED) is 0.630. The molecule has 156 valence electrons. The maximum Gasteiger partial charge on any atom is 0.407 e. The molecule has 0 fully saturated rings. The molecular weight excluding hydrogens is 360 g/mol. The zero-order valence-corrected chi connectivity index (χ0v) is 17.4. The summed E-state index contributed by atoms with van der Waals surface area (Å²) >= 11 is 0. The summed E-state index contributed by atoms with van der Waals surface area (Å²) in [7, 11) is 0. The third-order valence-electron chi connectivity index (χ3n) is 3.96. The number of rotatable bonds is 9. The standard InChI is InChI=1S/C21H32N2O5/c1-6-16(17-10-8-7-9-11-17)14-23-19(25)15(2)27-18(24)12-13-22-20(26)28-21(3,4)5/h7-11,15-16H,6,12-14H2,1-5H3,(H,22,26)(H,23,25)/t15-,16+/m1/s1. The van der Waals surface area contributed by atoms with Gasteiger partial charge in [-0.2, -0.15) is 0 Å². The summed E-state index contributed by atoms with van der Waals surface area (Å²) in [5.41, 5.74) is 0.552. The maximum absolute atomic E-state index is 12.2. The van der Waals surface area contributed by atoms with Crippen LogP contribution in [0.3, 0.4) is 0 Å². The molecule has 0 aliphatic rings. The van der Waals surface area contributed by atoms with E-state index in [1.165, 1.54) is 6.92 Å². The minimum absolute atomic E-state index is 0.0432. The van der Waals surface area contributed by atoms with Crippen LogP contribution in [0.15, 0.2) is 30.3 Å². The first kappa shape index (κ1) is 23.5. The van der Waals surface area contributed by atoms with Gasteiger partial charge < -0.3 is 20.1 Å². The fourth-order valence-electron chi connectivity index (χ4n) is 2.48. The Morgan fingerprint density at radius 3 is 2.29 bits per heavy atom. The first-order valence-corrected chi connectivity index (χ1v) is 9.61. The lowest BCUT2D eigenvalue weighted by Gasteiger charge is -2.20. The molecule has 1 aromatic carbocycles. The summed E-state index contributed by atoms with van der Waals surface area (Å²) < 4.78 is 10.2. The Kier molecular flexibility index (Phi) is 9.48. The van der Waals surface area contributed by atoms with Crippen LogP contribution in [0.25, 0.3) is 0 Å². The molecule has 2 amide bonds. The van der Waals surface area contributed by atoms with Crippen molar-refractivity contribution in [1.82, 2.24) is 10.6 Å². The number of esters is 1. The average Bonchev–Trinajstić information content (AvgIpc) is 2.61. The number of benzene rings is 1. The zero-order chi connectivity index (χ0) is 21.2. The number of carbonyl (C=O) groups excluding carboxylic acids is 3. The molecule has 0 aromatic heterocycles. The van der Waals surface area contributed by atoms with E-state index in [0.29, 0.717) is 6.54 Å². The molecule has 0 aliphatic carbocycles. The predicted molar refractivity (Wildman–Crippen MR) is 107 cm³/mol. The molecule has 0 heterocycles. The molecule has 7 nitrogen and oxygen atoms in total. The van der Waals surface area contributed by atoms with Crippen LogP contribution in [-0.2, 0) is 19.1 Å². The highest BCUT2D eigenvalue weighted by Gasteiger charge is 2.20. The SMILES string of the molecule is CC[C@@H](CNC(=O)[C@@H](C)OC(=O)CCNC(=O)OC(C)(C)C)c1ccccc1. The molecule has 0 saturated heterocycles. The lowest BCUT2D eigenvalue weighted by molar-refractivity contribution is -0.154. The number of ether oxygens (including phenoxy) is 2. The van der Waals surface area contributed by atoms with Crippen LogP contribution in [0.4, 0.5) is 4.79 Å². The second kappa shape index (κ2) is 11.3. The van der Waals surface area contributed by atoms with Crippen LogP contribution >= 0.6 is 0 Å². The van der Waals surface area contributed by atoms with Crippen LogP contribution in [0.2, 0.25) is 0 Å². The van der Waals surface area contributed by atoms with Crippen LogP contribution in [0.5, 0.6) is 0 Å². The highest BCUT2D eigenvalue weighted by atomic mass is 16.6. The maximum atomic E-state index is 12.2. The molecule has 0 spiro atoms. The van der Waals surface area contributed by atoms with E-state index in [9.17, 15) is 14.4 Å². The second-order valence-electron chi connectivity index (χ2n) is 7.57. The van der Waals surface area contributed by atoms with E-state index in [2.05, 4.69) is 17.6 Å². The number of amides is 2. The number of alkyl carbamates (subject to hydrolysis) is 1. The lowest BCUT2D eigenvalue weighted by atomic mass is 9.96.